The van der Waals surface area contributed by atoms with Crippen molar-refractivity contribution in [1.29, 1.82) is 0 Å². The van der Waals surface area contributed by atoms with Gasteiger partial charge in [0.15, 0.2) is 0 Å². The van der Waals surface area contributed by atoms with Gasteiger partial charge < -0.3 is 4.90 Å². The zero-order chi connectivity index (χ0) is 17.4. The van der Waals surface area contributed by atoms with Crippen molar-refractivity contribution in [3.63, 3.8) is 0 Å². The van der Waals surface area contributed by atoms with Crippen LogP contribution in [-0.2, 0) is 23.1 Å². The Hall–Kier alpha value is -0.950. The lowest BCUT2D eigenvalue weighted by Crippen LogP contribution is -2.59. The number of rotatable bonds is 2. The van der Waals surface area contributed by atoms with E-state index in [1.54, 1.807) is 4.31 Å². The standard InChI is InChI=1S/C19H29N3O2S/c1-20-12-16-6-2-3-7-17(16)13-21-10-11-22(15-18(21)14-20)25(23,24)19-8-4-5-9-19/h2-3,6-7,18-19H,4-5,8-15H2,1H3. The highest BCUT2D eigenvalue weighted by molar-refractivity contribution is 7.89. The molecule has 0 bridgehead atoms. The van der Waals surface area contributed by atoms with Crippen LogP contribution in [0.25, 0.3) is 0 Å². The lowest BCUT2D eigenvalue weighted by molar-refractivity contribution is 0.0763. The average Bonchev–Trinajstić information content (AvgIpc) is 3.11. The molecule has 1 aromatic rings. The molecule has 1 unspecified atom stereocenters. The fourth-order valence-corrected chi connectivity index (χ4v) is 6.74. The summed E-state index contributed by atoms with van der Waals surface area (Å²) in [5.41, 5.74) is 2.77. The van der Waals surface area contributed by atoms with E-state index >= 15 is 0 Å². The van der Waals surface area contributed by atoms with Gasteiger partial charge in [-0.2, -0.15) is 4.31 Å². The van der Waals surface area contributed by atoms with Crippen LogP contribution in [-0.4, -0.2) is 67.0 Å². The molecule has 0 radical (unpaired) electrons. The molecule has 2 heterocycles. The Morgan fingerprint density at radius 1 is 0.960 bits per heavy atom. The highest BCUT2D eigenvalue weighted by Gasteiger charge is 2.39. The molecule has 1 aromatic carbocycles. The average molecular weight is 364 g/mol. The highest BCUT2D eigenvalue weighted by atomic mass is 32.2. The van der Waals surface area contributed by atoms with Crippen molar-refractivity contribution in [2.75, 3.05) is 33.2 Å². The molecule has 0 N–H and O–H groups in total. The maximum atomic E-state index is 13.0. The lowest BCUT2D eigenvalue weighted by Gasteiger charge is -2.44. The van der Waals surface area contributed by atoms with E-state index in [0.717, 1.165) is 51.9 Å². The van der Waals surface area contributed by atoms with Gasteiger partial charge in [-0.3, -0.25) is 4.90 Å². The van der Waals surface area contributed by atoms with Crippen LogP contribution in [0.4, 0.5) is 0 Å². The van der Waals surface area contributed by atoms with Gasteiger partial charge in [-0.1, -0.05) is 37.1 Å². The molecule has 3 aliphatic rings. The number of piperazine rings is 1. The Labute approximate surface area is 151 Å². The van der Waals surface area contributed by atoms with Crippen molar-refractivity contribution in [2.45, 2.75) is 50.1 Å². The van der Waals surface area contributed by atoms with Crippen LogP contribution in [0.3, 0.4) is 0 Å². The minimum Gasteiger partial charge on any atom is -0.300 e. The third kappa shape index (κ3) is 3.50. The van der Waals surface area contributed by atoms with Crippen LogP contribution in [0, 0.1) is 0 Å². The molecule has 1 atom stereocenters. The van der Waals surface area contributed by atoms with E-state index < -0.39 is 10.0 Å². The van der Waals surface area contributed by atoms with Gasteiger partial charge in [-0.25, -0.2) is 8.42 Å². The van der Waals surface area contributed by atoms with Gasteiger partial charge in [0.05, 0.1) is 5.25 Å². The Balaban J connectivity index is 1.53. The van der Waals surface area contributed by atoms with Gasteiger partial charge in [-0.05, 0) is 31.0 Å². The van der Waals surface area contributed by atoms with Gasteiger partial charge in [0.1, 0.15) is 0 Å². The van der Waals surface area contributed by atoms with Crippen molar-refractivity contribution in [2.24, 2.45) is 0 Å². The number of sulfonamides is 1. The van der Waals surface area contributed by atoms with Crippen molar-refractivity contribution < 1.29 is 8.42 Å². The fourth-order valence-electron chi connectivity index (χ4n) is 4.67. The monoisotopic (exact) mass is 363 g/mol. The summed E-state index contributed by atoms with van der Waals surface area (Å²) in [7, 11) is -0.980. The maximum absolute atomic E-state index is 13.0. The Bertz CT molecular complexity index is 715. The molecule has 0 spiro atoms. The Morgan fingerprint density at radius 2 is 1.64 bits per heavy atom. The van der Waals surface area contributed by atoms with Crippen LogP contribution >= 0.6 is 0 Å². The van der Waals surface area contributed by atoms with Crippen LogP contribution in [0.1, 0.15) is 36.8 Å². The van der Waals surface area contributed by atoms with E-state index in [2.05, 4.69) is 41.1 Å². The predicted octanol–water partition coefficient (Wildman–Crippen LogP) is 1.89. The molecule has 1 saturated carbocycles. The van der Waals surface area contributed by atoms with E-state index in [9.17, 15) is 8.42 Å². The molecule has 4 rings (SSSR count). The van der Waals surface area contributed by atoms with E-state index in [4.69, 9.17) is 0 Å². The normalized spacial score (nSPS) is 27.5. The van der Waals surface area contributed by atoms with E-state index in [-0.39, 0.29) is 11.3 Å². The minimum atomic E-state index is -3.12. The van der Waals surface area contributed by atoms with Gasteiger partial charge in [0, 0.05) is 45.3 Å². The molecular weight excluding hydrogens is 334 g/mol. The second kappa shape index (κ2) is 6.99. The molecule has 0 aromatic heterocycles. The highest BCUT2D eigenvalue weighted by Crippen LogP contribution is 2.29. The van der Waals surface area contributed by atoms with E-state index in [1.807, 2.05) is 0 Å². The summed E-state index contributed by atoms with van der Waals surface area (Å²) in [6.45, 7) is 4.91. The molecule has 2 aliphatic heterocycles. The molecule has 1 saturated heterocycles. The van der Waals surface area contributed by atoms with Crippen molar-refractivity contribution in [3.05, 3.63) is 35.4 Å². The molecule has 0 amide bonds. The first-order valence-electron chi connectivity index (χ1n) is 9.52. The van der Waals surface area contributed by atoms with Gasteiger partial charge in [0.25, 0.3) is 0 Å². The third-order valence-corrected chi connectivity index (χ3v) is 8.47. The number of hydrogen-bond donors (Lipinski definition) is 0. The molecule has 6 heteroatoms. The topological polar surface area (TPSA) is 43.9 Å². The number of benzene rings is 1. The zero-order valence-electron chi connectivity index (χ0n) is 15.1. The Morgan fingerprint density at radius 3 is 2.36 bits per heavy atom. The number of fused-ring (bicyclic) bond motifs is 2. The summed E-state index contributed by atoms with van der Waals surface area (Å²) >= 11 is 0. The van der Waals surface area contributed by atoms with Crippen LogP contribution in [0.15, 0.2) is 24.3 Å². The smallest absolute Gasteiger partial charge is 0.217 e. The minimum absolute atomic E-state index is 0.133. The van der Waals surface area contributed by atoms with Crippen LogP contribution in [0.2, 0.25) is 0 Å². The number of nitrogens with zero attached hydrogens (tertiary/aromatic N) is 3. The SMILES string of the molecule is CN1Cc2ccccc2CN2CCN(S(=O)(=O)C3CCCC3)CC2C1. The fraction of sp³-hybridized carbons (Fsp3) is 0.684. The van der Waals surface area contributed by atoms with Crippen molar-refractivity contribution in [3.8, 4) is 0 Å². The second-order valence-corrected chi connectivity index (χ2v) is 10.1. The zero-order valence-corrected chi connectivity index (χ0v) is 15.9. The molecule has 25 heavy (non-hydrogen) atoms. The largest absolute Gasteiger partial charge is 0.300 e. The van der Waals surface area contributed by atoms with Gasteiger partial charge in [0.2, 0.25) is 10.0 Å². The first-order chi connectivity index (χ1) is 12.0. The first kappa shape index (κ1) is 17.5. The summed E-state index contributed by atoms with van der Waals surface area (Å²) in [6.07, 6.45) is 3.82. The quantitative estimate of drug-likeness (QED) is 0.805. The first-order valence-corrected chi connectivity index (χ1v) is 11.0. The molecule has 5 nitrogen and oxygen atoms in total. The number of hydrogen-bond acceptors (Lipinski definition) is 4. The van der Waals surface area contributed by atoms with Crippen molar-refractivity contribution >= 4 is 10.0 Å². The van der Waals surface area contributed by atoms with Gasteiger partial charge in [-0.15, -0.1) is 0 Å². The van der Waals surface area contributed by atoms with E-state index in [0.29, 0.717) is 13.1 Å². The second-order valence-electron chi connectivity index (χ2n) is 7.90. The predicted molar refractivity (Wildman–Crippen MR) is 99.7 cm³/mol. The number of likely N-dealkylation sites (N-methyl/N-ethyl adjacent to an activating group) is 1. The molecule has 2 fully saturated rings. The molecular formula is C19H29N3O2S. The summed E-state index contributed by atoms with van der Waals surface area (Å²) in [5, 5.41) is -0.133. The summed E-state index contributed by atoms with van der Waals surface area (Å²) in [5.74, 6) is 0. The van der Waals surface area contributed by atoms with Crippen molar-refractivity contribution in [1.82, 2.24) is 14.1 Å². The van der Waals surface area contributed by atoms with Gasteiger partial charge >= 0.3 is 0 Å². The summed E-state index contributed by atoms with van der Waals surface area (Å²) in [6, 6.07) is 8.93. The van der Waals surface area contributed by atoms with Crippen LogP contribution < -0.4 is 0 Å². The lowest BCUT2D eigenvalue weighted by atomic mass is 10.0. The Kier molecular flexibility index (Phi) is 4.88. The molecule has 138 valence electrons. The molecule has 1 aliphatic carbocycles. The van der Waals surface area contributed by atoms with Crippen LogP contribution in [0.5, 0.6) is 0 Å². The third-order valence-electron chi connectivity index (χ3n) is 6.11. The van der Waals surface area contributed by atoms with E-state index in [1.165, 1.54) is 11.1 Å². The summed E-state index contributed by atoms with van der Waals surface area (Å²) < 4.78 is 27.8. The summed E-state index contributed by atoms with van der Waals surface area (Å²) in [4.78, 5) is 4.82. The maximum Gasteiger partial charge on any atom is 0.217 e.